The molecule has 1 aromatic heterocycles. The van der Waals surface area contributed by atoms with Crippen molar-refractivity contribution in [2.24, 2.45) is 0 Å². The zero-order valence-electron chi connectivity index (χ0n) is 14.6. The molecule has 0 unspecified atom stereocenters. The van der Waals surface area contributed by atoms with E-state index in [1.807, 2.05) is 0 Å². The van der Waals surface area contributed by atoms with Crippen LogP contribution in [-0.4, -0.2) is 51.2 Å². The van der Waals surface area contributed by atoms with Crippen LogP contribution in [0.25, 0.3) is 0 Å². The molecule has 0 radical (unpaired) electrons. The lowest BCUT2D eigenvalue weighted by molar-refractivity contribution is 0.103. The van der Waals surface area contributed by atoms with Crippen molar-refractivity contribution in [1.82, 2.24) is 25.0 Å². The highest BCUT2D eigenvalue weighted by Gasteiger charge is 2.26. The number of nitrogens with one attached hydrogen (secondary N) is 2. The van der Waals surface area contributed by atoms with Gasteiger partial charge in [0, 0.05) is 26.2 Å². The Labute approximate surface area is 152 Å². The molecular weight excluding hydrogens is 326 g/mol. The van der Waals surface area contributed by atoms with Crippen molar-refractivity contribution in [3.05, 3.63) is 88.1 Å². The topological polar surface area (TPSA) is 68.0 Å². The van der Waals surface area contributed by atoms with Crippen LogP contribution in [-0.2, 0) is 6.54 Å². The summed E-state index contributed by atoms with van der Waals surface area (Å²) < 4.78 is 0. The standard InChI is InChI=1S/C20H23N5O/c26-20-21-18(22-23-20)15-24-11-13-25(14-12-24)19(16-7-3-1-4-8-16)17-9-5-2-6-10-17/h1-10,19H,11-15H2,(H2,21,22,23,26). The Bertz CT molecular complexity index is 826. The number of aromatic nitrogens is 3. The fraction of sp³-hybridized carbons (Fsp3) is 0.300. The second-order valence-electron chi connectivity index (χ2n) is 6.66. The van der Waals surface area contributed by atoms with Gasteiger partial charge >= 0.3 is 5.69 Å². The van der Waals surface area contributed by atoms with E-state index in [9.17, 15) is 4.79 Å². The molecule has 1 saturated heterocycles. The lowest BCUT2D eigenvalue weighted by Crippen LogP contribution is -2.47. The Morgan fingerprint density at radius 2 is 1.46 bits per heavy atom. The highest BCUT2D eigenvalue weighted by molar-refractivity contribution is 5.31. The van der Waals surface area contributed by atoms with Crippen molar-refractivity contribution in [3.8, 4) is 0 Å². The molecule has 2 heterocycles. The molecule has 26 heavy (non-hydrogen) atoms. The summed E-state index contributed by atoms with van der Waals surface area (Å²) in [7, 11) is 0. The first-order valence-corrected chi connectivity index (χ1v) is 8.99. The molecule has 2 aromatic carbocycles. The minimum absolute atomic E-state index is 0.244. The summed E-state index contributed by atoms with van der Waals surface area (Å²) in [5.74, 6) is 0.700. The van der Waals surface area contributed by atoms with Crippen molar-refractivity contribution in [1.29, 1.82) is 0 Å². The summed E-state index contributed by atoms with van der Waals surface area (Å²) in [6.07, 6.45) is 0. The van der Waals surface area contributed by atoms with Crippen molar-refractivity contribution in [2.45, 2.75) is 12.6 Å². The molecular formula is C20H23N5O. The molecule has 0 amide bonds. The normalized spacial score (nSPS) is 16.2. The number of hydrogen-bond donors (Lipinski definition) is 2. The quantitative estimate of drug-likeness (QED) is 0.739. The van der Waals surface area contributed by atoms with E-state index in [4.69, 9.17) is 0 Å². The van der Waals surface area contributed by atoms with E-state index in [0.717, 1.165) is 26.2 Å². The largest absolute Gasteiger partial charge is 0.340 e. The lowest BCUT2D eigenvalue weighted by atomic mass is 9.96. The van der Waals surface area contributed by atoms with E-state index in [1.165, 1.54) is 11.1 Å². The van der Waals surface area contributed by atoms with E-state index in [0.29, 0.717) is 12.4 Å². The summed E-state index contributed by atoms with van der Waals surface area (Å²) in [6.45, 7) is 4.52. The highest BCUT2D eigenvalue weighted by atomic mass is 16.1. The third-order valence-corrected chi connectivity index (χ3v) is 4.93. The molecule has 4 rings (SSSR count). The molecule has 1 fully saturated rings. The fourth-order valence-corrected chi connectivity index (χ4v) is 3.66. The third-order valence-electron chi connectivity index (χ3n) is 4.93. The van der Waals surface area contributed by atoms with E-state index >= 15 is 0 Å². The van der Waals surface area contributed by atoms with Crippen LogP contribution in [0, 0.1) is 0 Å². The average Bonchev–Trinajstić information content (AvgIpc) is 3.10. The van der Waals surface area contributed by atoms with Gasteiger partial charge in [-0.2, -0.15) is 5.10 Å². The Morgan fingerprint density at radius 1 is 0.885 bits per heavy atom. The highest BCUT2D eigenvalue weighted by Crippen LogP contribution is 2.29. The first-order chi connectivity index (χ1) is 12.8. The molecule has 0 aliphatic carbocycles. The number of nitrogens with zero attached hydrogens (tertiary/aromatic N) is 3. The van der Waals surface area contributed by atoms with Crippen LogP contribution >= 0.6 is 0 Å². The van der Waals surface area contributed by atoms with E-state index < -0.39 is 0 Å². The molecule has 3 aromatic rings. The molecule has 6 heteroatoms. The monoisotopic (exact) mass is 349 g/mol. The average molecular weight is 349 g/mol. The molecule has 0 bridgehead atoms. The zero-order valence-corrected chi connectivity index (χ0v) is 14.6. The van der Waals surface area contributed by atoms with Crippen LogP contribution in [0.3, 0.4) is 0 Å². The molecule has 0 saturated carbocycles. The van der Waals surface area contributed by atoms with Gasteiger partial charge < -0.3 is 0 Å². The molecule has 134 valence electrons. The van der Waals surface area contributed by atoms with Gasteiger partial charge in [0.05, 0.1) is 12.6 Å². The van der Waals surface area contributed by atoms with Crippen LogP contribution in [0.1, 0.15) is 23.0 Å². The molecule has 1 aliphatic heterocycles. The predicted molar refractivity (Wildman–Crippen MR) is 101 cm³/mol. The van der Waals surface area contributed by atoms with E-state index in [2.05, 4.69) is 85.6 Å². The maximum Gasteiger partial charge on any atom is 0.340 e. The van der Waals surface area contributed by atoms with Crippen LogP contribution in [0.5, 0.6) is 0 Å². The number of aromatic amines is 2. The van der Waals surface area contributed by atoms with Crippen molar-refractivity contribution >= 4 is 0 Å². The SMILES string of the molecule is O=c1[nH]nc(CN2CCN(C(c3ccccc3)c3ccccc3)CC2)[nH]1. The molecule has 2 N–H and O–H groups in total. The summed E-state index contributed by atoms with van der Waals surface area (Å²) >= 11 is 0. The van der Waals surface area contributed by atoms with Gasteiger partial charge in [-0.3, -0.25) is 14.8 Å². The molecule has 1 aliphatic rings. The van der Waals surface area contributed by atoms with Crippen LogP contribution in [0.2, 0.25) is 0 Å². The van der Waals surface area contributed by atoms with Gasteiger partial charge in [0.1, 0.15) is 5.82 Å². The van der Waals surface area contributed by atoms with E-state index in [1.54, 1.807) is 0 Å². The van der Waals surface area contributed by atoms with Crippen LogP contribution < -0.4 is 5.69 Å². The minimum Gasteiger partial charge on any atom is -0.293 e. The molecule has 0 spiro atoms. The Kier molecular flexibility index (Phi) is 4.95. The van der Waals surface area contributed by atoms with Crippen molar-refractivity contribution in [2.75, 3.05) is 26.2 Å². The Hall–Kier alpha value is -2.70. The van der Waals surface area contributed by atoms with Gasteiger partial charge in [0.25, 0.3) is 0 Å². The van der Waals surface area contributed by atoms with Gasteiger partial charge in [-0.15, -0.1) is 0 Å². The second kappa shape index (κ2) is 7.68. The first kappa shape index (κ1) is 16.8. The summed E-state index contributed by atoms with van der Waals surface area (Å²) in [4.78, 5) is 18.8. The number of rotatable bonds is 5. The number of H-pyrrole nitrogens is 2. The first-order valence-electron chi connectivity index (χ1n) is 8.99. The van der Waals surface area contributed by atoms with E-state index in [-0.39, 0.29) is 11.7 Å². The zero-order chi connectivity index (χ0) is 17.8. The van der Waals surface area contributed by atoms with Gasteiger partial charge in [-0.1, -0.05) is 60.7 Å². The van der Waals surface area contributed by atoms with Gasteiger partial charge in [-0.05, 0) is 11.1 Å². The summed E-state index contributed by atoms with van der Waals surface area (Å²) in [5, 5.41) is 6.44. The summed E-state index contributed by atoms with van der Waals surface area (Å²) in [5.41, 5.74) is 2.40. The fourth-order valence-electron chi connectivity index (χ4n) is 3.66. The maximum atomic E-state index is 11.2. The second-order valence-corrected chi connectivity index (χ2v) is 6.66. The lowest BCUT2D eigenvalue weighted by Gasteiger charge is -2.39. The number of hydrogen-bond acceptors (Lipinski definition) is 4. The number of piperazine rings is 1. The smallest absolute Gasteiger partial charge is 0.293 e. The van der Waals surface area contributed by atoms with Crippen LogP contribution in [0.4, 0.5) is 0 Å². The van der Waals surface area contributed by atoms with Crippen molar-refractivity contribution in [3.63, 3.8) is 0 Å². The van der Waals surface area contributed by atoms with Gasteiger partial charge in [-0.25, -0.2) is 9.89 Å². The van der Waals surface area contributed by atoms with Gasteiger partial charge in [0.15, 0.2) is 0 Å². The maximum absolute atomic E-state index is 11.2. The summed E-state index contributed by atoms with van der Waals surface area (Å²) in [6, 6.07) is 21.6. The predicted octanol–water partition coefficient (Wildman–Crippen LogP) is 2.01. The minimum atomic E-state index is -0.244. The van der Waals surface area contributed by atoms with Gasteiger partial charge in [0.2, 0.25) is 0 Å². The molecule has 6 nitrogen and oxygen atoms in total. The Morgan fingerprint density at radius 3 is 1.96 bits per heavy atom. The van der Waals surface area contributed by atoms with Crippen LogP contribution in [0.15, 0.2) is 65.5 Å². The third kappa shape index (κ3) is 3.76. The van der Waals surface area contributed by atoms with Crippen molar-refractivity contribution < 1.29 is 0 Å². The molecule has 0 atom stereocenters. The number of benzene rings is 2. The Balaban J connectivity index is 1.48.